The summed E-state index contributed by atoms with van der Waals surface area (Å²) in [6, 6.07) is 4.73. The van der Waals surface area contributed by atoms with Crippen molar-refractivity contribution in [2.45, 2.75) is 25.7 Å². The van der Waals surface area contributed by atoms with Crippen molar-refractivity contribution in [1.29, 1.82) is 0 Å². The molecule has 1 unspecified atom stereocenters. The molecule has 0 bridgehead atoms. The quantitative estimate of drug-likeness (QED) is 0.679. The summed E-state index contributed by atoms with van der Waals surface area (Å²) in [5.41, 5.74) is 2.30. The lowest BCUT2D eigenvalue weighted by molar-refractivity contribution is -0.108. The molecule has 1 aromatic rings. The predicted molar refractivity (Wildman–Crippen MR) is 78.8 cm³/mol. The number of carbonyl (C=O) groups excluding carboxylic acids is 2. The minimum Gasteiger partial charge on any atom is -0.508 e. The molecule has 0 aliphatic carbocycles. The van der Waals surface area contributed by atoms with Crippen LogP contribution in [0.15, 0.2) is 30.5 Å². The Morgan fingerprint density at radius 3 is 2.75 bits per heavy atom. The second-order valence-corrected chi connectivity index (χ2v) is 4.76. The Hall–Kier alpha value is -2.10. The molecule has 0 heterocycles. The second kappa shape index (κ2) is 8.15. The van der Waals surface area contributed by atoms with Crippen LogP contribution in [0.3, 0.4) is 0 Å². The number of hydrogen-bond donors (Lipinski definition) is 2. The van der Waals surface area contributed by atoms with E-state index in [1.807, 2.05) is 0 Å². The van der Waals surface area contributed by atoms with Crippen molar-refractivity contribution in [2.75, 3.05) is 7.05 Å². The van der Waals surface area contributed by atoms with Crippen molar-refractivity contribution < 1.29 is 14.7 Å². The Bertz CT molecular complexity index is 483. The predicted octanol–water partition coefficient (Wildman–Crippen LogP) is 2.47. The third-order valence-electron chi connectivity index (χ3n) is 3.46. The highest BCUT2D eigenvalue weighted by atomic mass is 16.3. The van der Waals surface area contributed by atoms with E-state index in [2.05, 4.69) is 11.9 Å². The van der Waals surface area contributed by atoms with Crippen LogP contribution in [0.1, 0.15) is 35.2 Å². The lowest BCUT2D eigenvalue weighted by Gasteiger charge is -2.19. The summed E-state index contributed by atoms with van der Waals surface area (Å²) in [5.74, 6) is 0.328. The molecule has 1 rings (SSSR count). The topological polar surface area (TPSA) is 66.4 Å². The van der Waals surface area contributed by atoms with Crippen LogP contribution in [0.5, 0.6) is 5.75 Å². The number of benzene rings is 1. The van der Waals surface area contributed by atoms with E-state index in [0.717, 1.165) is 36.7 Å². The van der Waals surface area contributed by atoms with Crippen molar-refractivity contribution in [3.05, 3.63) is 41.6 Å². The Morgan fingerprint density at radius 1 is 1.40 bits per heavy atom. The molecule has 4 nitrogen and oxygen atoms in total. The van der Waals surface area contributed by atoms with Gasteiger partial charge in [0, 0.05) is 24.7 Å². The third kappa shape index (κ3) is 4.53. The van der Waals surface area contributed by atoms with Crippen LogP contribution in [0.4, 0.5) is 0 Å². The van der Waals surface area contributed by atoms with Crippen LogP contribution in [-0.4, -0.2) is 24.7 Å². The first-order valence-corrected chi connectivity index (χ1v) is 6.69. The maximum atomic E-state index is 11.0. The molecule has 2 N–H and O–H groups in total. The van der Waals surface area contributed by atoms with Crippen LogP contribution in [0.2, 0.25) is 0 Å². The number of allylic oxidation sites excluding steroid dienone is 1. The molecule has 0 aromatic heterocycles. The Morgan fingerprint density at radius 2 is 2.15 bits per heavy atom. The molecule has 0 radical (unpaired) electrons. The highest BCUT2D eigenvalue weighted by Gasteiger charge is 2.13. The molecular weight excluding hydrogens is 254 g/mol. The molecule has 0 fully saturated rings. The normalized spacial score (nSPS) is 11.7. The summed E-state index contributed by atoms with van der Waals surface area (Å²) >= 11 is 0. The van der Waals surface area contributed by atoms with Gasteiger partial charge in [-0.3, -0.25) is 4.79 Å². The first-order chi connectivity index (χ1) is 9.62. The molecule has 0 aliphatic rings. The lowest BCUT2D eigenvalue weighted by Crippen LogP contribution is -2.16. The Labute approximate surface area is 119 Å². The van der Waals surface area contributed by atoms with Gasteiger partial charge in [-0.25, -0.2) is 0 Å². The van der Waals surface area contributed by atoms with E-state index in [1.165, 1.54) is 6.07 Å². The summed E-state index contributed by atoms with van der Waals surface area (Å²) in [5, 5.41) is 12.5. The zero-order valence-corrected chi connectivity index (χ0v) is 11.8. The van der Waals surface area contributed by atoms with Crippen molar-refractivity contribution in [1.82, 2.24) is 5.32 Å². The first kappa shape index (κ1) is 16.0. The standard InChI is InChI=1S/C16H21NO3/c1-12(17-2)13(4-3-9-18)5-6-14-10-16(20)8-7-15(14)11-19/h7-11,13,17,20H,1,3-6H2,2H3. The zero-order chi connectivity index (χ0) is 15.0. The number of nitrogens with one attached hydrogen (secondary N) is 1. The number of aldehydes is 2. The van der Waals surface area contributed by atoms with E-state index in [4.69, 9.17) is 0 Å². The van der Waals surface area contributed by atoms with Crippen molar-refractivity contribution in [3.63, 3.8) is 0 Å². The minimum atomic E-state index is 0.155. The highest BCUT2D eigenvalue weighted by Crippen LogP contribution is 2.23. The van der Waals surface area contributed by atoms with Crippen LogP contribution < -0.4 is 5.32 Å². The van der Waals surface area contributed by atoms with Gasteiger partial charge in [0.2, 0.25) is 0 Å². The number of hydrogen-bond acceptors (Lipinski definition) is 4. The molecule has 1 atom stereocenters. The Balaban J connectivity index is 2.75. The fourth-order valence-corrected chi connectivity index (χ4v) is 2.22. The molecule has 0 amide bonds. The average molecular weight is 275 g/mol. The van der Waals surface area contributed by atoms with Gasteiger partial charge in [-0.1, -0.05) is 6.58 Å². The average Bonchev–Trinajstić information content (AvgIpc) is 2.46. The summed E-state index contributed by atoms with van der Waals surface area (Å²) < 4.78 is 0. The minimum absolute atomic E-state index is 0.155. The largest absolute Gasteiger partial charge is 0.508 e. The molecule has 0 saturated heterocycles. The van der Waals surface area contributed by atoms with Crippen LogP contribution in [0, 0.1) is 5.92 Å². The molecule has 20 heavy (non-hydrogen) atoms. The van der Waals surface area contributed by atoms with Gasteiger partial charge < -0.3 is 15.2 Å². The summed E-state index contributed by atoms with van der Waals surface area (Å²) in [7, 11) is 1.81. The number of rotatable bonds is 9. The third-order valence-corrected chi connectivity index (χ3v) is 3.46. The second-order valence-electron chi connectivity index (χ2n) is 4.76. The van der Waals surface area contributed by atoms with Gasteiger partial charge >= 0.3 is 0 Å². The summed E-state index contributed by atoms with van der Waals surface area (Å²) in [6.45, 7) is 3.95. The fraction of sp³-hybridized carbons (Fsp3) is 0.375. The smallest absolute Gasteiger partial charge is 0.150 e. The zero-order valence-electron chi connectivity index (χ0n) is 11.8. The van der Waals surface area contributed by atoms with E-state index < -0.39 is 0 Å². The van der Waals surface area contributed by atoms with Gasteiger partial charge in [0.15, 0.2) is 0 Å². The summed E-state index contributed by atoms with van der Waals surface area (Å²) in [4.78, 5) is 21.5. The van der Waals surface area contributed by atoms with Gasteiger partial charge in [0.25, 0.3) is 0 Å². The fourth-order valence-electron chi connectivity index (χ4n) is 2.22. The van der Waals surface area contributed by atoms with E-state index in [-0.39, 0.29) is 11.7 Å². The van der Waals surface area contributed by atoms with Gasteiger partial charge in [0.05, 0.1) is 0 Å². The molecule has 4 heteroatoms. The monoisotopic (exact) mass is 275 g/mol. The van der Waals surface area contributed by atoms with Gasteiger partial charge in [0.1, 0.15) is 18.3 Å². The van der Waals surface area contributed by atoms with E-state index in [0.29, 0.717) is 18.4 Å². The van der Waals surface area contributed by atoms with Crippen LogP contribution in [-0.2, 0) is 11.2 Å². The van der Waals surface area contributed by atoms with Gasteiger partial charge in [-0.15, -0.1) is 0 Å². The van der Waals surface area contributed by atoms with Crippen molar-refractivity contribution in [2.24, 2.45) is 5.92 Å². The SMILES string of the molecule is C=C(NC)C(CCC=O)CCc1cc(O)ccc1C=O. The highest BCUT2D eigenvalue weighted by molar-refractivity contribution is 5.77. The van der Waals surface area contributed by atoms with Crippen LogP contribution >= 0.6 is 0 Å². The molecular formula is C16H21NO3. The van der Waals surface area contributed by atoms with Crippen LogP contribution in [0.25, 0.3) is 0 Å². The maximum Gasteiger partial charge on any atom is 0.150 e. The van der Waals surface area contributed by atoms with E-state index in [9.17, 15) is 14.7 Å². The molecule has 0 aliphatic heterocycles. The van der Waals surface area contributed by atoms with Crippen molar-refractivity contribution in [3.8, 4) is 5.75 Å². The Kier molecular flexibility index (Phi) is 6.50. The number of phenols is 1. The summed E-state index contributed by atoms with van der Waals surface area (Å²) in [6.07, 6.45) is 4.36. The van der Waals surface area contributed by atoms with Gasteiger partial charge in [-0.2, -0.15) is 0 Å². The lowest BCUT2D eigenvalue weighted by atomic mass is 9.91. The van der Waals surface area contributed by atoms with Crippen molar-refractivity contribution >= 4 is 12.6 Å². The number of carbonyl (C=O) groups is 2. The molecule has 0 saturated carbocycles. The molecule has 0 spiro atoms. The number of aromatic hydroxyl groups is 1. The van der Waals surface area contributed by atoms with E-state index >= 15 is 0 Å². The van der Waals surface area contributed by atoms with Gasteiger partial charge in [-0.05, 0) is 48.9 Å². The molecule has 1 aromatic carbocycles. The number of aryl methyl sites for hydroxylation is 1. The maximum absolute atomic E-state index is 11.0. The number of phenolic OH excluding ortho intramolecular Hbond substituents is 1. The molecule has 108 valence electrons. The van der Waals surface area contributed by atoms with E-state index in [1.54, 1.807) is 19.2 Å². The first-order valence-electron chi connectivity index (χ1n) is 6.69.